The number of thioether (sulfide) groups is 2. The summed E-state index contributed by atoms with van der Waals surface area (Å²) in [4.78, 5) is 63.6. The highest BCUT2D eigenvalue weighted by atomic mass is 32.2. The zero-order valence-corrected chi connectivity index (χ0v) is 35.2. The van der Waals surface area contributed by atoms with Crippen molar-refractivity contribution in [1.29, 1.82) is 0 Å². The topological polar surface area (TPSA) is 74.8 Å². The predicted octanol–water partition coefficient (Wildman–Crippen LogP) is 11.9. The van der Waals surface area contributed by atoms with Gasteiger partial charge >= 0.3 is 0 Å². The van der Waals surface area contributed by atoms with Crippen LogP contribution in [0.25, 0.3) is 43.1 Å². The second-order valence-corrected chi connectivity index (χ2v) is 23.0. The van der Waals surface area contributed by atoms with Crippen LogP contribution in [0.2, 0.25) is 0 Å². The summed E-state index contributed by atoms with van der Waals surface area (Å²) >= 11 is 4.07. The van der Waals surface area contributed by atoms with Gasteiger partial charge in [0.05, 0.1) is 0 Å². The molecule has 15 rings (SSSR count). The van der Waals surface area contributed by atoms with Crippen molar-refractivity contribution in [3.05, 3.63) is 58.7 Å². The average molecular weight is 807 g/mol. The highest BCUT2D eigenvalue weighted by Crippen LogP contribution is 2.69. The molecule has 0 saturated heterocycles. The Balaban J connectivity index is 1.14. The molecule has 8 saturated carbocycles. The number of carbonyl (C=O) groups is 4. The van der Waals surface area contributed by atoms with E-state index in [1.165, 1.54) is 74.0 Å². The molecular weight excluding hydrogens is 757 g/mol. The van der Waals surface area contributed by atoms with Gasteiger partial charge in [-0.3, -0.25) is 29.0 Å². The zero-order valence-electron chi connectivity index (χ0n) is 33.6. The lowest BCUT2D eigenvalue weighted by Gasteiger charge is -2.36. The minimum Gasteiger partial charge on any atom is -0.274 e. The molecule has 296 valence electrons. The van der Waals surface area contributed by atoms with Gasteiger partial charge in [-0.05, 0) is 148 Å². The van der Waals surface area contributed by atoms with Crippen LogP contribution in [0.1, 0.15) is 145 Å². The Morgan fingerprint density at radius 2 is 0.879 bits per heavy atom. The van der Waals surface area contributed by atoms with Gasteiger partial charge in [-0.1, -0.05) is 38.8 Å². The molecule has 5 aromatic carbocycles. The fraction of sp³-hybridized carbons (Fsp3) is 0.520. The van der Waals surface area contributed by atoms with Crippen LogP contribution in [0.4, 0.5) is 0 Å². The third-order valence-electron chi connectivity index (χ3n) is 16.9. The molecular formula is C50H50N2O4S2. The van der Waals surface area contributed by atoms with Gasteiger partial charge in [0, 0.05) is 86.9 Å². The van der Waals surface area contributed by atoms with E-state index in [1.54, 1.807) is 0 Å². The van der Waals surface area contributed by atoms with E-state index in [0.29, 0.717) is 47.2 Å². The van der Waals surface area contributed by atoms with Crippen LogP contribution in [0.3, 0.4) is 0 Å². The average Bonchev–Trinajstić information content (AvgIpc) is 3.79. The third-order valence-corrected chi connectivity index (χ3v) is 20.1. The number of benzene rings is 5. The molecule has 2 heterocycles. The van der Waals surface area contributed by atoms with Crippen molar-refractivity contribution in [2.75, 3.05) is 13.1 Å². The lowest BCUT2D eigenvalue weighted by atomic mass is 9.82. The monoisotopic (exact) mass is 806 g/mol. The number of hydrogen-bond acceptors (Lipinski definition) is 6. The maximum Gasteiger partial charge on any atom is 0.261 e. The van der Waals surface area contributed by atoms with Gasteiger partial charge in [0.25, 0.3) is 23.6 Å². The number of hydrogen-bond donors (Lipinski definition) is 0. The van der Waals surface area contributed by atoms with E-state index in [1.807, 2.05) is 35.7 Å². The molecule has 2 aliphatic heterocycles. The summed E-state index contributed by atoms with van der Waals surface area (Å²) in [5, 5.41) is 7.93. The highest BCUT2D eigenvalue weighted by molar-refractivity contribution is 8.01. The molecule has 4 amide bonds. The van der Waals surface area contributed by atoms with Crippen LogP contribution >= 0.6 is 23.5 Å². The van der Waals surface area contributed by atoms with Crippen molar-refractivity contribution < 1.29 is 19.2 Å². The molecule has 8 fully saturated rings. The second kappa shape index (κ2) is 12.0. The van der Waals surface area contributed by atoms with Crippen molar-refractivity contribution >= 4 is 90.2 Å². The van der Waals surface area contributed by atoms with E-state index < -0.39 is 0 Å². The van der Waals surface area contributed by atoms with Gasteiger partial charge in [-0.15, -0.1) is 23.5 Å². The first kappa shape index (κ1) is 35.2. The molecule has 10 aliphatic rings. The number of imide groups is 2. The second-order valence-electron chi connectivity index (χ2n) is 20.1. The van der Waals surface area contributed by atoms with Crippen molar-refractivity contribution in [2.24, 2.45) is 35.5 Å². The van der Waals surface area contributed by atoms with Crippen LogP contribution < -0.4 is 0 Å². The van der Waals surface area contributed by atoms with Crippen molar-refractivity contribution in [3.63, 3.8) is 0 Å². The Morgan fingerprint density at radius 3 is 1.26 bits per heavy atom. The van der Waals surface area contributed by atoms with Crippen LogP contribution in [0.15, 0.2) is 46.2 Å². The Hall–Kier alpha value is -3.62. The number of rotatable bonds is 10. The van der Waals surface area contributed by atoms with Crippen molar-refractivity contribution in [2.45, 2.75) is 123 Å². The molecule has 8 bridgehead atoms. The molecule has 8 heteroatoms. The molecule has 4 unspecified atom stereocenters. The van der Waals surface area contributed by atoms with E-state index >= 15 is 0 Å². The van der Waals surface area contributed by atoms with Gasteiger partial charge in [-0.2, -0.15) is 0 Å². The first-order chi connectivity index (χ1) is 28.2. The summed E-state index contributed by atoms with van der Waals surface area (Å²) in [6, 6.07) is 12.6. The normalized spacial score (nSPS) is 32.7. The summed E-state index contributed by atoms with van der Waals surface area (Å²) in [6.45, 7) is 5.05. The van der Waals surface area contributed by atoms with E-state index in [2.05, 4.69) is 38.1 Å². The molecule has 0 radical (unpaired) electrons. The summed E-state index contributed by atoms with van der Waals surface area (Å²) < 4.78 is 0.300. The van der Waals surface area contributed by atoms with Crippen LogP contribution in [-0.4, -0.2) is 56.0 Å². The Bertz CT molecular complexity index is 2520. The quantitative estimate of drug-likeness (QED) is 0.0795. The summed E-state index contributed by atoms with van der Waals surface area (Å²) in [7, 11) is 0. The van der Waals surface area contributed by atoms with Gasteiger partial charge in [0.15, 0.2) is 0 Å². The maximum absolute atomic E-state index is 14.7. The Kier molecular flexibility index (Phi) is 7.29. The van der Waals surface area contributed by atoms with Gasteiger partial charge in [0.2, 0.25) is 0 Å². The smallest absolute Gasteiger partial charge is 0.261 e. The summed E-state index contributed by atoms with van der Waals surface area (Å²) in [5.41, 5.74) is 2.56. The molecule has 8 aliphatic carbocycles. The summed E-state index contributed by atoms with van der Waals surface area (Å²) in [6.07, 6.45) is 16.2. The van der Waals surface area contributed by atoms with Crippen molar-refractivity contribution in [1.82, 2.24) is 9.80 Å². The summed E-state index contributed by atoms with van der Waals surface area (Å²) in [5.74, 6) is 3.78. The number of unbranched alkanes of at least 4 members (excludes halogenated alkanes) is 2. The Morgan fingerprint density at radius 1 is 0.500 bits per heavy atom. The molecule has 6 nitrogen and oxygen atoms in total. The fourth-order valence-corrected chi connectivity index (χ4v) is 18.8. The van der Waals surface area contributed by atoms with E-state index in [9.17, 15) is 19.2 Å². The zero-order chi connectivity index (χ0) is 39.0. The van der Waals surface area contributed by atoms with Crippen LogP contribution in [0, 0.1) is 35.5 Å². The maximum atomic E-state index is 14.7. The number of carbonyl (C=O) groups excluding carboxylic acids is 4. The first-order valence-corrected chi connectivity index (χ1v) is 24.2. The molecule has 58 heavy (non-hydrogen) atoms. The van der Waals surface area contributed by atoms with E-state index in [-0.39, 0.29) is 33.1 Å². The van der Waals surface area contributed by atoms with Gasteiger partial charge in [0.1, 0.15) is 0 Å². The van der Waals surface area contributed by atoms with Gasteiger partial charge in [-0.25, -0.2) is 0 Å². The lowest BCUT2D eigenvalue weighted by molar-refractivity contribution is 0.0593. The third kappa shape index (κ3) is 4.44. The molecule has 5 aromatic rings. The molecule has 0 aromatic heterocycles. The fourth-order valence-electron chi connectivity index (χ4n) is 14.9. The lowest BCUT2D eigenvalue weighted by Crippen LogP contribution is -2.41. The highest BCUT2D eigenvalue weighted by Gasteiger charge is 2.60. The first-order valence-electron chi connectivity index (χ1n) is 22.6. The number of nitrogens with zero attached hydrogens (tertiary/aromatic N) is 2. The molecule has 4 atom stereocenters. The minimum absolute atomic E-state index is 0.150. The van der Waals surface area contributed by atoms with Gasteiger partial charge < -0.3 is 0 Å². The van der Waals surface area contributed by atoms with Crippen molar-refractivity contribution in [3.8, 4) is 0 Å². The SMILES string of the molecule is CCCCN1C(=O)c2ccc3c4c(SC56CC7CC(CC5C7)C6)cc5c6c(ccc(c7c(SC89CC%10CC(CC8C%10)C9)cc(c2c37)C1=O)c64)C(=O)N(CCCC)C5=O. The predicted molar refractivity (Wildman–Crippen MR) is 232 cm³/mol. The minimum atomic E-state index is -0.193. The van der Waals surface area contributed by atoms with E-state index in [0.717, 1.165) is 102 Å². The van der Waals surface area contributed by atoms with Crippen LogP contribution in [0.5, 0.6) is 0 Å². The number of amides is 4. The standard InChI is InChI=1S/C50H50N2O4S2/c1-3-5-11-51-45(53)33-9-7-31-42-38(58-50-23-27-14-28(24-50)18-30(50)17-27)20-36-40-34(46(54)52(48(36)56)12-6-4-2)10-8-32(44(40)42)41-37(19-35(47(51)55)39(33)43(31)41)57-49-21-25-13-26(22-49)16-29(49)15-25/h7-10,19-20,25-30H,3-6,11-18,21-24H2,1-2H3. The van der Waals surface area contributed by atoms with Crippen LogP contribution in [-0.2, 0) is 0 Å². The largest absolute Gasteiger partial charge is 0.274 e. The molecule has 0 spiro atoms. The molecule has 0 N–H and O–H groups in total. The van der Waals surface area contributed by atoms with E-state index in [4.69, 9.17) is 0 Å². The Labute approximate surface area is 347 Å². The number of fused-ring (bicyclic) bond motifs is 2.